The van der Waals surface area contributed by atoms with Gasteiger partial charge in [-0.1, -0.05) is 132 Å². The summed E-state index contributed by atoms with van der Waals surface area (Å²) in [5.74, 6) is 0. The third-order valence-electron chi connectivity index (χ3n) is 5.58. The maximum absolute atomic E-state index is 5.61. The second-order valence-electron chi connectivity index (χ2n) is 21.5. The Hall–Kier alpha value is -0.0800. The van der Waals surface area contributed by atoms with Gasteiger partial charge in [-0.05, 0) is 106 Å². The second kappa shape index (κ2) is 20.1. The summed E-state index contributed by atoms with van der Waals surface area (Å²) in [5.41, 5.74) is 2.73. The molecule has 0 aromatic rings. The lowest BCUT2D eigenvalue weighted by atomic mass is 9.81. The maximum atomic E-state index is 5.61. The highest BCUT2D eigenvalue weighted by Gasteiger charge is 2.18. The van der Waals surface area contributed by atoms with Gasteiger partial charge in [0.15, 0.2) is 0 Å². The maximum Gasteiger partial charge on any atom is 0.0598 e. The summed E-state index contributed by atoms with van der Waals surface area (Å²) in [6, 6.07) is 0. The van der Waals surface area contributed by atoms with Crippen LogP contribution in [0.25, 0.3) is 0 Å². The van der Waals surface area contributed by atoms with E-state index in [1.54, 1.807) is 0 Å². The fraction of sp³-hybridized carbons (Fsp3) is 1.00. The molecule has 0 unspecified atom stereocenters. The molecular formula is C40H90O2. The number of rotatable bonds is 5. The van der Waals surface area contributed by atoms with Crippen molar-refractivity contribution in [1.82, 2.24) is 0 Å². The molecule has 0 spiro atoms. The molecule has 2 heteroatoms. The molecule has 0 fully saturated rings. The number of hydrogen-bond acceptors (Lipinski definition) is 2. The van der Waals surface area contributed by atoms with Crippen LogP contribution in [0.3, 0.4) is 0 Å². The topological polar surface area (TPSA) is 18.5 Å². The normalized spacial score (nSPS) is 13.4. The molecule has 0 aliphatic carbocycles. The predicted octanol–water partition coefficient (Wildman–Crippen LogP) is 14.4. The van der Waals surface area contributed by atoms with Crippen molar-refractivity contribution >= 4 is 0 Å². The Labute approximate surface area is 271 Å². The Bertz CT molecular complexity index is 478. The molecule has 0 aliphatic rings. The summed E-state index contributed by atoms with van der Waals surface area (Å²) < 4.78 is 11.2. The van der Waals surface area contributed by atoms with Gasteiger partial charge in [0.2, 0.25) is 0 Å². The van der Waals surface area contributed by atoms with Crippen molar-refractivity contribution in [3.63, 3.8) is 0 Å². The Balaban J connectivity index is -0.000000144. The first-order chi connectivity index (χ1) is 17.3. The van der Waals surface area contributed by atoms with E-state index in [2.05, 4.69) is 166 Å². The molecule has 0 aliphatic heterocycles. The van der Waals surface area contributed by atoms with Crippen LogP contribution in [0.4, 0.5) is 0 Å². The van der Waals surface area contributed by atoms with Gasteiger partial charge in [-0.25, -0.2) is 0 Å². The highest BCUT2D eigenvalue weighted by atomic mass is 16.5. The molecule has 262 valence electrons. The molecule has 0 aromatic heterocycles. The summed E-state index contributed by atoms with van der Waals surface area (Å²) >= 11 is 0. The van der Waals surface area contributed by atoms with E-state index in [0.29, 0.717) is 27.1 Å². The third kappa shape index (κ3) is 72.3. The first-order valence-electron chi connectivity index (χ1n) is 16.6. The predicted molar refractivity (Wildman–Crippen MR) is 198 cm³/mol. The quantitative estimate of drug-likeness (QED) is 0.311. The smallest absolute Gasteiger partial charge is 0.0598 e. The zero-order chi connectivity index (χ0) is 34.4. The van der Waals surface area contributed by atoms with Crippen LogP contribution in [0.1, 0.15) is 206 Å². The van der Waals surface area contributed by atoms with E-state index in [-0.39, 0.29) is 24.0 Å². The van der Waals surface area contributed by atoms with E-state index in [4.69, 9.17) is 9.47 Å². The van der Waals surface area contributed by atoms with Crippen molar-refractivity contribution in [1.29, 1.82) is 0 Å². The molecule has 0 bridgehead atoms. The number of ether oxygens (including phenoxy) is 2. The monoisotopic (exact) mass is 603 g/mol. The van der Waals surface area contributed by atoms with Gasteiger partial charge >= 0.3 is 0 Å². The molecule has 0 aromatic carbocycles. The van der Waals surface area contributed by atoms with Crippen LogP contribution < -0.4 is 0 Å². The lowest BCUT2D eigenvalue weighted by Gasteiger charge is -2.26. The molecule has 0 saturated carbocycles. The highest BCUT2D eigenvalue weighted by molar-refractivity contribution is 4.69. The van der Waals surface area contributed by atoms with Gasteiger partial charge in [0.25, 0.3) is 0 Å². The van der Waals surface area contributed by atoms with Crippen molar-refractivity contribution in [3.05, 3.63) is 0 Å². The van der Waals surface area contributed by atoms with Crippen LogP contribution in [-0.2, 0) is 9.47 Å². The summed E-state index contributed by atoms with van der Waals surface area (Å²) in [7, 11) is 0. The molecular weight excluding hydrogens is 512 g/mol. The van der Waals surface area contributed by atoms with Crippen molar-refractivity contribution < 1.29 is 9.47 Å². The molecule has 0 saturated heterocycles. The van der Waals surface area contributed by atoms with E-state index in [0.717, 1.165) is 19.6 Å². The van der Waals surface area contributed by atoms with E-state index in [9.17, 15) is 0 Å². The zero-order valence-corrected chi connectivity index (χ0v) is 33.8. The first kappa shape index (κ1) is 51.5. The largest absolute Gasteiger partial charge is 0.376 e. The SMILES string of the molecule is C.CC(C)(C)CCC(C)(C)C.CC(C)(C)CCC(C)(C)C.CC(C)(C)CCOC(C)(C)C.CC(C)(C)COC(C)(C)C. The Morgan fingerprint density at radius 3 is 0.619 bits per heavy atom. The number of hydrogen-bond donors (Lipinski definition) is 0. The van der Waals surface area contributed by atoms with Crippen LogP contribution in [0.5, 0.6) is 0 Å². The Kier molecular flexibility index (Phi) is 24.7. The molecule has 0 heterocycles. The zero-order valence-electron chi connectivity index (χ0n) is 33.8. The molecule has 0 rings (SSSR count). The molecule has 2 nitrogen and oxygen atoms in total. The average Bonchev–Trinajstić information content (AvgIpc) is 2.60. The van der Waals surface area contributed by atoms with Crippen LogP contribution >= 0.6 is 0 Å². The van der Waals surface area contributed by atoms with Gasteiger partial charge in [-0.3, -0.25) is 0 Å². The first-order valence-corrected chi connectivity index (χ1v) is 16.6. The summed E-state index contributed by atoms with van der Waals surface area (Å²) in [4.78, 5) is 0. The van der Waals surface area contributed by atoms with Crippen molar-refractivity contribution in [2.45, 2.75) is 217 Å². The van der Waals surface area contributed by atoms with Crippen LogP contribution in [-0.4, -0.2) is 24.4 Å². The fourth-order valence-electron chi connectivity index (χ4n) is 2.60. The Morgan fingerprint density at radius 2 is 0.500 bits per heavy atom. The minimum absolute atomic E-state index is 0. The van der Waals surface area contributed by atoms with Crippen molar-refractivity contribution in [2.75, 3.05) is 13.2 Å². The van der Waals surface area contributed by atoms with Gasteiger partial charge < -0.3 is 9.47 Å². The van der Waals surface area contributed by atoms with Gasteiger partial charge in [-0.2, -0.15) is 0 Å². The fourth-order valence-corrected chi connectivity index (χ4v) is 2.60. The second-order valence-corrected chi connectivity index (χ2v) is 21.5. The minimum Gasteiger partial charge on any atom is -0.376 e. The lowest BCUT2D eigenvalue weighted by Crippen LogP contribution is -2.26. The lowest BCUT2D eigenvalue weighted by molar-refractivity contribution is -0.0382. The van der Waals surface area contributed by atoms with Gasteiger partial charge in [0, 0.05) is 6.61 Å². The molecule has 42 heavy (non-hydrogen) atoms. The van der Waals surface area contributed by atoms with Gasteiger partial charge in [-0.15, -0.1) is 0 Å². The molecule has 0 radical (unpaired) electrons. The van der Waals surface area contributed by atoms with E-state index in [1.165, 1.54) is 25.7 Å². The van der Waals surface area contributed by atoms with Gasteiger partial charge in [0.05, 0.1) is 17.8 Å². The van der Waals surface area contributed by atoms with Crippen molar-refractivity contribution in [3.8, 4) is 0 Å². The molecule has 0 atom stereocenters. The van der Waals surface area contributed by atoms with E-state index < -0.39 is 0 Å². The summed E-state index contributed by atoms with van der Waals surface area (Å²) in [6.45, 7) is 55.1. The minimum atomic E-state index is 0. The summed E-state index contributed by atoms with van der Waals surface area (Å²) in [6.07, 6.45) is 6.45. The molecule has 0 amide bonds. The van der Waals surface area contributed by atoms with Crippen LogP contribution in [0.2, 0.25) is 0 Å². The standard InChI is InChI=1S/C10H22O.2C10H22.C9H20O.CH4/c1-9(2,3)7-8-11-10(4,5)6;2*1-9(2,3)7-8-10(4,5)6;1-8(2,3)7-10-9(4,5)6;/h7-8H2,1-6H3;2*7-8H2,1-6H3;7H2,1-6H3;1H4. The van der Waals surface area contributed by atoms with Crippen LogP contribution in [0.15, 0.2) is 0 Å². The van der Waals surface area contributed by atoms with Gasteiger partial charge in [0.1, 0.15) is 0 Å². The van der Waals surface area contributed by atoms with E-state index >= 15 is 0 Å². The van der Waals surface area contributed by atoms with Crippen molar-refractivity contribution in [2.24, 2.45) is 32.5 Å². The summed E-state index contributed by atoms with van der Waals surface area (Å²) in [5, 5.41) is 0. The van der Waals surface area contributed by atoms with Crippen LogP contribution in [0, 0.1) is 32.5 Å². The highest BCUT2D eigenvalue weighted by Crippen LogP contribution is 2.30. The third-order valence-corrected chi connectivity index (χ3v) is 5.58. The van der Waals surface area contributed by atoms with E-state index in [1.807, 2.05) is 0 Å². The Morgan fingerprint density at radius 1 is 0.286 bits per heavy atom. The molecule has 0 N–H and O–H groups in total. The average molecular weight is 603 g/mol.